The number of aliphatic imine (C=N–C) groups is 1. The minimum Gasteiger partial charge on any atom is -0.370 e. The number of nitrogens with one attached hydrogen (secondary N) is 2. The van der Waals surface area contributed by atoms with Gasteiger partial charge in [0.25, 0.3) is 0 Å². The zero-order chi connectivity index (χ0) is 34.9. The topological polar surface area (TPSA) is 153 Å². The molecule has 2 aromatic heterocycles. The minimum atomic E-state index is -0.320. The van der Waals surface area contributed by atoms with E-state index < -0.39 is 0 Å². The summed E-state index contributed by atoms with van der Waals surface area (Å²) >= 11 is 6.05. The van der Waals surface area contributed by atoms with Crippen molar-refractivity contribution in [3.63, 3.8) is 0 Å². The summed E-state index contributed by atoms with van der Waals surface area (Å²) in [7, 11) is 0. The highest BCUT2D eigenvalue weighted by molar-refractivity contribution is 6.31. The van der Waals surface area contributed by atoms with Crippen LogP contribution in [0.4, 0.5) is 4.39 Å². The number of rotatable bonds is 11. The number of nitrogens with zero attached hydrogens (tertiary/aromatic N) is 3. The predicted molar refractivity (Wildman–Crippen MR) is 194 cm³/mol. The molecule has 4 aromatic rings. The first kappa shape index (κ1) is 37.7. The third kappa shape index (κ3) is 11.2. The Balaban J connectivity index is 0.000000287. The number of guanidine groups is 1. The van der Waals surface area contributed by atoms with E-state index in [-0.39, 0.29) is 33.3 Å². The normalized spacial score (nSPS) is 12.5. The molecule has 8 N–H and O–H groups in total. The second kappa shape index (κ2) is 16.4. The third-order valence-electron chi connectivity index (χ3n) is 7.86. The van der Waals surface area contributed by atoms with Crippen molar-refractivity contribution in [1.29, 1.82) is 0 Å². The van der Waals surface area contributed by atoms with Crippen LogP contribution in [0.5, 0.6) is 0 Å². The van der Waals surface area contributed by atoms with E-state index in [0.29, 0.717) is 24.7 Å². The Labute approximate surface area is 283 Å². The number of hydrogen-bond donors (Lipinski definition) is 5. The van der Waals surface area contributed by atoms with Crippen molar-refractivity contribution in [2.24, 2.45) is 28.1 Å². The van der Waals surface area contributed by atoms with Gasteiger partial charge in [0.2, 0.25) is 0 Å². The fourth-order valence-electron chi connectivity index (χ4n) is 4.99. The van der Waals surface area contributed by atoms with Crippen molar-refractivity contribution < 1.29 is 4.39 Å². The molecule has 47 heavy (non-hydrogen) atoms. The van der Waals surface area contributed by atoms with Crippen LogP contribution in [0.2, 0.25) is 5.02 Å². The number of aromatic nitrogens is 3. The fourth-order valence-corrected chi connectivity index (χ4v) is 5.18. The van der Waals surface area contributed by atoms with E-state index in [9.17, 15) is 9.18 Å². The monoisotopic (exact) mass is 666 g/mol. The minimum absolute atomic E-state index is 0.0352. The summed E-state index contributed by atoms with van der Waals surface area (Å²) in [6.07, 6.45) is 4.41. The Morgan fingerprint density at radius 1 is 1.09 bits per heavy atom. The van der Waals surface area contributed by atoms with E-state index >= 15 is 0 Å². The predicted octanol–water partition coefficient (Wildman–Crippen LogP) is 6.07. The van der Waals surface area contributed by atoms with Crippen molar-refractivity contribution in [1.82, 2.24) is 19.9 Å². The summed E-state index contributed by atoms with van der Waals surface area (Å²) < 4.78 is 15.4. The van der Waals surface area contributed by atoms with Crippen LogP contribution >= 0.6 is 11.6 Å². The molecule has 0 fully saturated rings. The third-order valence-corrected chi connectivity index (χ3v) is 8.29. The van der Waals surface area contributed by atoms with E-state index in [1.54, 1.807) is 10.6 Å². The first-order valence-corrected chi connectivity index (χ1v) is 16.5. The quantitative estimate of drug-likeness (QED) is 0.0744. The zero-order valence-corrected chi connectivity index (χ0v) is 29.6. The van der Waals surface area contributed by atoms with Crippen molar-refractivity contribution in [2.45, 2.75) is 85.1 Å². The standard InChI is InChI=1S/C21H29N7O.C15H23ClFN/c1-21(2,3)17-11-15-13-28(20(29)27-18(15)26-17)16-7-5-14(6-8-16)12-24-9-4-10-25-19(22)23;1-10(5-6-18)7-11-8-12(15(2,3)4)9-13(17)14(11)16/h5-8,11,13,24H,4,9-10,12H2,1-3H3,(H4,22,23,25)(H,26,27,29);8-10H,5-7,18H2,1-4H3. The summed E-state index contributed by atoms with van der Waals surface area (Å²) in [5.74, 6) is 0.221. The Bertz CT molecular complexity index is 1690. The lowest BCUT2D eigenvalue weighted by molar-refractivity contribution is 0.530. The van der Waals surface area contributed by atoms with Gasteiger partial charge in [-0.15, -0.1) is 0 Å². The molecule has 4 rings (SSSR count). The maximum atomic E-state index is 13.8. The van der Waals surface area contributed by atoms with Gasteiger partial charge in [-0.05, 0) is 84.6 Å². The summed E-state index contributed by atoms with van der Waals surface area (Å²) in [5.41, 5.74) is 21.2. The van der Waals surface area contributed by atoms with Crippen LogP contribution in [0.15, 0.2) is 58.4 Å². The summed E-state index contributed by atoms with van der Waals surface area (Å²) in [4.78, 5) is 23.9. The second-order valence-corrected chi connectivity index (χ2v) is 14.6. The molecule has 11 heteroatoms. The molecule has 2 heterocycles. The molecule has 0 bridgehead atoms. The van der Waals surface area contributed by atoms with Gasteiger partial charge in [0, 0.05) is 35.8 Å². The molecule has 0 spiro atoms. The first-order valence-electron chi connectivity index (χ1n) is 16.2. The number of hydrogen-bond acceptors (Lipinski definition) is 5. The molecule has 0 amide bonds. The van der Waals surface area contributed by atoms with E-state index in [0.717, 1.165) is 65.8 Å². The Morgan fingerprint density at radius 2 is 1.77 bits per heavy atom. The van der Waals surface area contributed by atoms with Crippen molar-refractivity contribution in [3.8, 4) is 5.69 Å². The van der Waals surface area contributed by atoms with Crippen LogP contribution in [0.3, 0.4) is 0 Å². The smallest absolute Gasteiger partial charge is 0.354 e. The molecule has 9 nitrogen and oxygen atoms in total. The molecule has 1 atom stereocenters. The average Bonchev–Trinajstić information content (AvgIpc) is 3.40. The Hall–Kier alpha value is -3.73. The summed E-state index contributed by atoms with van der Waals surface area (Å²) in [6.45, 7) is 17.5. The number of benzene rings is 2. The number of halogens is 2. The van der Waals surface area contributed by atoms with Crippen LogP contribution in [0, 0.1) is 11.7 Å². The maximum absolute atomic E-state index is 13.8. The molecular formula is C36H52ClFN8O. The lowest BCUT2D eigenvalue weighted by Gasteiger charge is -2.22. The average molecular weight is 667 g/mol. The van der Waals surface area contributed by atoms with Gasteiger partial charge in [0.15, 0.2) is 5.96 Å². The molecule has 0 saturated heterocycles. The van der Waals surface area contributed by atoms with Crippen molar-refractivity contribution >= 4 is 28.6 Å². The molecule has 0 saturated carbocycles. The van der Waals surface area contributed by atoms with Gasteiger partial charge in [-0.1, -0.05) is 78.3 Å². The maximum Gasteiger partial charge on any atom is 0.354 e. The summed E-state index contributed by atoms with van der Waals surface area (Å²) in [5, 5.41) is 4.53. The highest BCUT2D eigenvalue weighted by atomic mass is 35.5. The van der Waals surface area contributed by atoms with E-state index in [2.05, 4.69) is 74.8 Å². The van der Waals surface area contributed by atoms with Gasteiger partial charge in [-0.3, -0.25) is 9.56 Å². The van der Waals surface area contributed by atoms with Crippen LogP contribution < -0.4 is 28.2 Å². The van der Waals surface area contributed by atoms with Crippen LogP contribution in [0.1, 0.15) is 83.7 Å². The number of nitrogens with two attached hydrogens (primary N) is 3. The lowest BCUT2D eigenvalue weighted by atomic mass is 9.85. The second-order valence-electron chi connectivity index (χ2n) is 14.2. The van der Waals surface area contributed by atoms with E-state index in [4.69, 9.17) is 28.8 Å². The van der Waals surface area contributed by atoms with E-state index in [1.807, 2.05) is 36.5 Å². The van der Waals surface area contributed by atoms with E-state index in [1.165, 1.54) is 0 Å². The zero-order valence-electron chi connectivity index (χ0n) is 28.9. The highest BCUT2D eigenvalue weighted by Gasteiger charge is 2.20. The van der Waals surface area contributed by atoms with Crippen LogP contribution in [0.25, 0.3) is 16.7 Å². The molecule has 1 unspecified atom stereocenters. The fraction of sp³-hybridized carbons (Fsp3) is 0.472. The van der Waals surface area contributed by atoms with Gasteiger partial charge < -0.3 is 27.5 Å². The Morgan fingerprint density at radius 3 is 2.36 bits per heavy atom. The van der Waals surface area contributed by atoms with Gasteiger partial charge >= 0.3 is 5.69 Å². The van der Waals surface area contributed by atoms with Crippen molar-refractivity contribution in [2.75, 3.05) is 19.6 Å². The molecule has 0 aliphatic carbocycles. The molecule has 0 aliphatic heterocycles. The largest absolute Gasteiger partial charge is 0.370 e. The molecule has 0 radical (unpaired) electrons. The molecular weight excluding hydrogens is 615 g/mol. The van der Waals surface area contributed by atoms with Gasteiger partial charge in [0.1, 0.15) is 11.5 Å². The first-order chi connectivity index (χ1) is 22.0. The van der Waals surface area contributed by atoms with Crippen LogP contribution in [-0.2, 0) is 23.8 Å². The molecule has 256 valence electrons. The Kier molecular flexibility index (Phi) is 13.2. The molecule has 0 aliphatic rings. The van der Waals surface area contributed by atoms with Gasteiger partial charge in [-0.2, -0.15) is 4.98 Å². The summed E-state index contributed by atoms with van der Waals surface area (Å²) in [6, 6.07) is 13.5. The highest BCUT2D eigenvalue weighted by Crippen LogP contribution is 2.31. The number of fused-ring (bicyclic) bond motifs is 1. The van der Waals surface area contributed by atoms with Crippen LogP contribution in [-0.4, -0.2) is 40.1 Å². The van der Waals surface area contributed by atoms with Gasteiger partial charge in [0.05, 0.1) is 10.7 Å². The molecule has 2 aromatic carbocycles. The van der Waals surface area contributed by atoms with Crippen molar-refractivity contribution in [3.05, 3.63) is 92.4 Å². The van der Waals surface area contributed by atoms with Gasteiger partial charge in [-0.25, -0.2) is 9.18 Å². The number of aromatic amines is 1. The number of H-pyrrole nitrogens is 1. The lowest BCUT2D eigenvalue weighted by Crippen LogP contribution is -2.23. The SMILES string of the molecule is CC(C)(C)c1cc2cn(-c3ccc(CNCCCN=C(N)N)cc3)c(=O)nc2[nH]1.CC(CCN)Cc1cc(C(C)(C)C)cc(F)c1Cl.